The first kappa shape index (κ1) is 23.4. The number of guanidine groups is 1. The fourth-order valence-electron chi connectivity index (χ4n) is 3.44. The van der Waals surface area contributed by atoms with Crippen molar-refractivity contribution in [1.82, 2.24) is 15.1 Å². The third-order valence-corrected chi connectivity index (χ3v) is 4.84. The number of esters is 1. The first-order valence-electron chi connectivity index (χ1n) is 9.67. The van der Waals surface area contributed by atoms with E-state index in [0.717, 1.165) is 71.2 Å². The van der Waals surface area contributed by atoms with Crippen molar-refractivity contribution in [2.75, 3.05) is 66.1 Å². The predicted molar refractivity (Wildman–Crippen MR) is 114 cm³/mol. The number of morpholine rings is 1. The molecule has 8 heteroatoms. The van der Waals surface area contributed by atoms with E-state index >= 15 is 0 Å². The Morgan fingerprint density at radius 3 is 2.73 bits per heavy atom. The number of carbonyl (C=O) groups excluding carboxylic acids is 1. The molecule has 0 aromatic heterocycles. The number of unbranched alkanes of at least 4 members (excludes halogenated alkanes) is 1. The summed E-state index contributed by atoms with van der Waals surface area (Å²) in [6, 6.07) is 0. The Labute approximate surface area is 174 Å². The third kappa shape index (κ3) is 7.96. The normalized spacial score (nSPS) is 21.8. The average molecular weight is 482 g/mol. The van der Waals surface area contributed by atoms with Crippen molar-refractivity contribution in [3.8, 4) is 0 Å². The van der Waals surface area contributed by atoms with E-state index in [1.54, 1.807) is 0 Å². The first-order chi connectivity index (χ1) is 12.2. The minimum Gasteiger partial charge on any atom is -0.466 e. The monoisotopic (exact) mass is 482 g/mol. The molecule has 0 aromatic rings. The highest BCUT2D eigenvalue weighted by Gasteiger charge is 2.28. The SMILES string of the molecule is CCOC(=O)C1CCCN(C(=NC)NCCCCN2CCOCC2)C1.I. The lowest BCUT2D eigenvalue weighted by molar-refractivity contribution is -0.149. The molecular formula is C18H35IN4O3. The molecule has 2 rings (SSSR count). The molecule has 0 bridgehead atoms. The van der Waals surface area contributed by atoms with Crippen LogP contribution in [-0.4, -0.2) is 87.9 Å². The van der Waals surface area contributed by atoms with E-state index in [-0.39, 0.29) is 35.9 Å². The third-order valence-electron chi connectivity index (χ3n) is 4.84. The molecule has 0 spiro atoms. The Balaban J connectivity index is 0.00000338. The number of rotatable bonds is 7. The van der Waals surface area contributed by atoms with E-state index in [1.165, 1.54) is 6.42 Å². The quantitative estimate of drug-likeness (QED) is 0.196. The summed E-state index contributed by atoms with van der Waals surface area (Å²) in [7, 11) is 1.81. The van der Waals surface area contributed by atoms with E-state index in [0.29, 0.717) is 13.2 Å². The number of nitrogens with zero attached hydrogens (tertiary/aromatic N) is 3. The molecule has 26 heavy (non-hydrogen) atoms. The summed E-state index contributed by atoms with van der Waals surface area (Å²) in [4.78, 5) is 21.0. The maximum absolute atomic E-state index is 12.0. The van der Waals surface area contributed by atoms with Gasteiger partial charge in [0.25, 0.3) is 0 Å². The molecule has 7 nitrogen and oxygen atoms in total. The van der Waals surface area contributed by atoms with Crippen LogP contribution in [0.1, 0.15) is 32.6 Å². The number of halogens is 1. The lowest BCUT2D eigenvalue weighted by atomic mass is 9.98. The van der Waals surface area contributed by atoms with Crippen molar-refractivity contribution in [1.29, 1.82) is 0 Å². The van der Waals surface area contributed by atoms with Crippen LogP contribution >= 0.6 is 24.0 Å². The molecule has 2 aliphatic heterocycles. The fraction of sp³-hybridized carbons (Fsp3) is 0.889. The second kappa shape index (κ2) is 13.5. The molecule has 1 N–H and O–H groups in total. The van der Waals surface area contributed by atoms with Crippen molar-refractivity contribution < 1.29 is 14.3 Å². The lowest BCUT2D eigenvalue weighted by Crippen LogP contribution is -2.48. The highest BCUT2D eigenvalue weighted by molar-refractivity contribution is 14.0. The van der Waals surface area contributed by atoms with E-state index < -0.39 is 0 Å². The summed E-state index contributed by atoms with van der Waals surface area (Å²) in [6.07, 6.45) is 4.20. The van der Waals surface area contributed by atoms with Gasteiger partial charge in [-0.3, -0.25) is 14.7 Å². The fourth-order valence-corrected chi connectivity index (χ4v) is 3.44. The van der Waals surface area contributed by atoms with Crippen LogP contribution in [0.15, 0.2) is 4.99 Å². The second-order valence-electron chi connectivity index (χ2n) is 6.67. The summed E-state index contributed by atoms with van der Waals surface area (Å²) in [5.41, 5.74) is 0. The van der Waals surface area contributed by atoms with Gasteiger partial charge in [0.05, 0.1) is 25.7 Å². The number of piperidine rings is 1. The van der Waals surface area contributed by atoms with Crippen molar-refractivity contribution in [3.05, 3.63) is 0 Å². The highest BCUT2D eigenvalue weighted by Crippen LogP contribution is 2.18. The van der Waals surface area contributed by atoms with Crippen LogP contribution in [0.4, 0.5) is 0 Å². The minimum atomic E-state index is -0.0758. The molecular weight excluding hydrogens is 447 g/mol. The van der Waals surface area contributed by atoms with Gasteiger partial charge in [-0.25, -0.2) is 0 Å². The van der Waals surface area contributed by atoms with Crippen LogP contribution < -0.4 is 5.32 Å². The van der Waals surface area contributed by atoms with Crippen molar-refractivity contribution in [2.45, 2.75) is 32.6 Å². The summed E-state index contributed by atoms with van der Waals surface area (Å²) in [5, 5.41) is 3.45. The van der Waals surface area contributed by atoms with E-state index in [4.69, 9.17) is 9.47 Å². The van der Waals surface area contributed by atoms with E-state index in [9.17, 15) is 4.79 Å². The van der Waals surface area contributed by atoms with Gasteiger partial charge in [0, 0.05) is 39.8 Å². The van der Waals surface area contributed by atoms with E-state index in [1.807, 2.05) is 14.0 Å². The molecule has 1 unspecified atom stereocenters. The van der Waals surface area contributed by atoms with Crippen LogP contribution in [0.2, 0.25) is 0 Å². The molecule has 1 atom stereocenters. The zero-order chi connectivity index (χ0) is 17.9. The number of aliphatic imine (C=N–C) groups is 1. The van der Waals surface area contributed by atoms with Gasteiger partial charge in [-0.1, -0.05) is 0 Å². The van der Waals surface area contributed by atoms with Crippen LogP contribution in [-0.2, 0) is 14.3 Å². The Hall–Kier alpha value is -0.610. The number of likely N-dealkylation sites (tertiary alicyclic amines) is 1. The largest absolute Gasteiger partial charge is 0.466 e. The topological polar surface area (TPSA) is 66.4 Å². The first-order valence-corrected chi connectivity index (χ1v) is 9.67. The molecule has 0 amide bonds. The zero-order valence-corrected chi connectivity index (χ0v) is 18.6. The number of hydrogen-bond donors (Lipinski definition) is 1. The number of nitrogens with one attached hydrogen (secondary N) is 1. The number of hydrogen-bond acceptors (Lipinski definition) is 5. The summed E-state index contributed by atoms with van der Waals surface area (Å²) in [6.45, 7) is 9.84. The number of carbonyl (C=O) groups is 1. The summed E-state index contributed by atoms with van der Waals surface area (Å²) < 4.78 is 10.5. The Kier molecular flexibility index (Phi) is 12.2. The van der Waals surface area contributed by atoms with Crippen LogP contribution in [0.5, 0.6) is 0 Å². The minimum absolute atomic E-state index is 0. The second-order valence-corrected chi connectivity index (χ2v) is 6.67. The van der Waals surface area contributed by atoms with Gasteiger partial charge in [-0.2, -0.15) is 0 Å². The Bertz CT molecular complexity index is 431. The van der Waals surface area contributed by atoms with Crippen LogP contribution in [0, 0.1) is 5.92 Å². The summed E-state index contributed by atoms with van der Waals surface area (Å²) in [5.74, 6) is 0.794. The summed E-state index contributed by atoms with van der Waals surface area (Å²) >= 11 is 0. The molecule has 0 saturated carbocycles. The highest BCUT2D eigenvalue weighted by atomic mass is 127. The van der Waals surface area contributed by atoms with Gasteiger partial charge in [-0.15, -0.1) is 24.0 Å². The van der Waals surface area contributed by atoms with Crippen LogP contribution in [0.3, 0.4) is 0 Å². The van der Waals surface area contributed by atoms with Gasteiger partial charge in [0.2, 0.25) is 0 Å². The molecule has 2 heterocycles. The van der Waals surface area contributed by atoms with Crippen molar-refractivity contribution in [3.63, 3.8) is 0 Å². The van der Waals surface area contributed by atoms with Crippen molar-refractivity contribution >= 4 is 35.9 Å². The molecule has 2 fully saturated rings. The van der Waals surface area contributed by atoms with Gasteiger partial charge in [-0.05, 0) is 39.2 Å². The van der Waals surface area contributed by atoms with Gasteiger partial charge >= 0.3 is 5.97 Å². The molecule has 0 aromatic carbocycles. The lowest BCUT2D eigenvalue weighted by Gasteiger charge is -2.34. The average Bonchev–Trinajstić information content (AvgIpc) is 2.66. The molecule has 2 aliphatic rings. The number of ether oxygens (including phenoxy) is 2. The molecule has 0 aliphatic carbocycles. The van der Waals surface area contributed by atoms with Gasteiger partial charge in [0.15, 0.2) is 5.96 Å². The zero-order valence-electron chi connectivity index (χ0n) is 16.2. The van der Waals surface area contributed by atoms with E-state index in [2.05, 4.69) is 20.1 Å². The van der Waals surface area contributed by atoms with Crippen LogP contribution in [0.25, 0.3) is 0 Å². The van der Waals surface area contributed by atoms with Gasteiger partial charge < -0.3 is 19.7 Å². The Morgan fingerprint density at radius 2 is 2.04 bits per heavy atom. The molecule has 2 saturated heterocycles. The molecule has 152 valence electrons. The smallest absolute Gasteiger partial charge is 0.310 e. The molecule has 0 radical (unpaired) electrons. The standard InChI is InChI=1S/C18H34N4O3.HI/c1-3-25-17(23)16-7-6-10-22(15-16)18(19-2)20-8-4-5-9-21-11-13-24-14-12-21;/h16H,3-15H2,1-2H3,(H,19,20);1H. The maximum atomic E-state index is 12.0. The van der Waals surface area contributed by atoms with Gasteiger partial charge in [0.1, 0.15) is 0 Å². The Morgan fingerprint density at radius 1 is 1.27 bits per heavy atom. The maximum Gasteiger partial charge on any atom is 0.310 e. The predicted octanol–water partition coefficient (Wildman–Crippen LogP) is 1.57. The van der Waals surface area contributed by atoms with Crippen molar-refractivity contribution in [2.24, 2.45) is 10.9 Å².